The molecule has 1 N–H and O–H groups in total. The zero-order chi connectivity index (χ0) is 22.4. The maximum atomic E-state index is 10.5. The lowest BCUT2D eigenvalue weighted by Gasteiger charge is -2.43. The van der Waals surface area contributed by atoms with Crippen LogP contribution in [-0.2, 0) is 21.0 Å². The quantitative estimate of drug-likeness (QED) is 0.420. The van der Waals surface area contributed by atoms with E-state index in [0.29, 0.717) is 12.8 Å². The molecule has 164 valence electrons. The third-order valence-electron chi connectivity index (χ3n) is 7.59. The Kier molecular flexibility index (Phi) is 5.36. The Morgan fingerprint density at radius 2 is 1.65 bits per heavy atom. The molecule has 2 aliphatic rings. The number of carbonyl (C=O) groups excluding carboxylic acids is 1. The van der Waals surface area contributed by atoms with Gasteiger partial charge in [-0.2, -0.15) is 0 Å². The van der Waals surface area contributed by atoms with Crippen molar-refractivity contribution in [3.63, 3.8) is 0 Å². The normalized spacial score (nSPS) is 20.7. The van der Waals surface area contributed by atoms with Gasteiger partial charge in [0.25, 0.3) is 0 Å². The Labute approximate surface area is 186 Å². The fourth-order valence-corrected chi connectivity index (χ4v) is 5.27. The van der Waals surface area contributed by atoms with E-state index in [9.17, 15) is 9.90 Å². The van der Waals surface area contributed by atoms with E-state index in [2.05, 4.69) is 52.8 Å². The molecule has 0 bridgehead atoms. The summed E-state index contributed by atoms with van der Waals surface area (Å²) in [5, 5.41) is 9.97. The van der Waals surface area contributed by atoms with Gasteiger partial charge in [0.15, 0.2) is 0 Å². The summed E-state index contributed by atoms with van der Waals surface area (Å²) in [6.07, 6.45) is 9.78. The molecule has 0 amide bonds. The van der Waals surface area contributed by atoms with Crippen LogP contribution in [0.4, 0.5) is 0 Å². The maximum absolute atomic E-state index is 10.5. The van der Waals surface area contributed by atoms with E-state index in [-0.39, 0.29) is 22.0 Å². The third-order valence-corrected chi connectivity index (χ3v) is 7.59. The molecule has 0 saturated heterocycles. The molecule has 3 heteroatoms. The van der Waals surface area contributed by atoms with Crippen LogP contribution in [0.3, 0.4) is 0 Å². The second-order valence-electron chi connectivity index (χ2n) is 10.9. The number of pyridine rings is 1. The Hall–Kier alpha value is -2.42. The van der Waals surface area contributed by atoms with Gasteiger partial charge in [-0.15, -0.1) is 0 Å². The Balaban J connectivity index is 1.70. The molecule has 2 aromatic rings. The molecule has 0 unspecified atom stereocenters. The fourth-order valence-electron chi connectivity index (χ4n) is 5.27. The second kappa shape index (κ2) is 7.62. The second-order valence-corrected chi connectivity index (χ2v) is 10.9. The Morgan fingerprint density at radius 1 is 1.00 bits per heavy atom. The maximum Gasteiger partial charge on any atom is 0.120 e. The molecular weight excluding hydrogens is 382 g/mol. The average Bonchev–Trinajstić information content (AvgIpc) is 3.52. The minimum atomic E-state index is 0.0125. The number of nitrogens with zero attached hydrogens (tertiary/aromatic N) is 1. The first-order valence-electron chi connectivity index (χ1n) is 11.5. The number of allylic oxidation sites excluding steroid dienone is 1. The van der Waals surface area contributed by atoms with Gasteiger partial charge in [0.2, 0.25) is 0 Å². The lowest BCUT2D eigenvalue weighted by molar-refractivity contribution is -0.107. The number of aliphatic hydroxyl groups excluding tert-OH is 1. The van der Waals surface area contributed by atoms with Crippen LogP contribution in [0.5, 0.6) is 0 Å². The van der Waals surface area contributed by atoms with Crippen LogP contribution in [-0.4, -0.2) is 16.4 Å². The van der Waals surface area contributed by atoms with Gasteiger partial charge in [-0.3, -0.25) is 4.98 Å². The summed E-state index contributed by atoms with van der Waals surface area (Å²) < 4.78 is 0. The predicted octanol–water partition coefficient (Wildman–Crippen LogP) is 6.70. The highest BCUT2D eigenvalue weighted by atomic mass is 16.3. The van der Waals surface area contributed by atoms with Crippen molar-refractivity contribution in [1.82, 2.24) is 4.98 Å². The summed E-state index contributed by atoms with van der Waals surface area (Å²) in [4.78, 5) is 15.3. The van der Waals surface area contributed by atoms with Crippen molar-refractivity contribution in [3.8, 4) is 0 Å². The van der Waals surface area contributed by atoms with Gasteiger partial charge in [-0.25, -0.2) is 0 Å². The molecule has 2 aliphatic carbocycles. The van der Waals surface area contributed by atoms with E-state index in [4.69, 9.17) is 4.98 Å². The number of benzene rings is 1. The van der Waals surface area contributed by atoms with E-state index in [0.717, 1.165) is 30.4 Å². The standard InChI is InChI=1S/C28H35NO2/c1-19-15-23-24(27(4,5)11-10-26(23,2)3)17-22(19)28(12-13-28)25-9-8-20(18-29-25)16-21(31)7-6-14-30/h8-9,14-18,31H,6-7,10-13H2,1-5H3/b21-16-. The van der Waals surface area contributed by atoms with E-state index in [1.165, 1.54) is 35.1 Å². The van der Waals surface area contributed by atoms with Crippen molar-refractivity contribution >= 4 is 12.4 Å². The molecule has 0 atom stereocenters. The Morgan fingerprint density at radius 3 is 2.19 bits per heavy atom. The first-order valence-corrected chi connectivity index (χ1v) is 11.5. The van der Waals surface area contributed by atoms with Crippen LogP contribution < -0.4 is 0 Å². The molecule has 0 spiro atoms. The SMILES string of the molecule is Cc1cc2c(cc1C1(c3ccc(/C=C(\O)CCC=O)cn3)CC1)C(C)(C)CCC2(C)C. The molecule has 4 rings (SSSR count). The van der Waals surface area contributed by atoms with Gasteiger partial charge in [-0.1, -0.05) is 45.9 Å². The smallest absolute Gasteiger partial charge is 0.120 e. The summed E-state index contributed by atoms with van der Waals surface area (Å²) in [6, 6.07) is 9.09. The molecule has 0 aliphatic heterocycles. The number of aryl methyl sites for hydroxylation is 1. The molecule has 1 heterocycles. The number of hydrogen-bond acceptors (Lipinski definition) is 3. The monoisotopic (exact) mass is 417 g/mol. The summed E-state index contributed by atoms with van der Waals surface area (Å²) in [5.41, 5.74) is 8.25. The molecule has 1 aromatic carbocycles. The van der Waals surface area contributed by atoms with Crippen LogP contribution in [0.1, 0.15) is 99.7 Å². The average molecular weight is 418 g/mol. The lowest BCUT2D eigenvalue weighted by atomic mass is 9.62. The molecule has 1 fully saturated rings. The molecule has 31 heavy (non-hydrogen) atoms. The number of rotatable bonds is 6. The molecular formula is C28H35NO2. The molecule has 3 nitrogen and oxygen atoms in total. The van der Waals surface area contributed by atoms with Crippen LogP contribution in [0.15, 0.2) is 36.2 Å². The fraction of sp³-hybridized carbons (Fsp3) is 0.500. The zero-order valence-electron chi connectivity index (χ0n) is 19.6. The number of fused-ring (bicyclic) bond motifs is 1. The minimum absolute atomic E-state index is 0.0125. The Bertz CT molecular complexity index is 1020. The number of aldehydes is 1. The van der Waals surface area contributed by atoms with Gasteiger partial charge in [0.1, 0.15) is 6.29 Å². The molecule has 1 aromatic heterocycles. The van der Waals surface area contributed by atoms with Gasteiger partial charge >= 0.3 is 0 Å². The predicted molar refractivity (Wildman–Crippen MR) is 127 cm³/mol. The van der Waals surface area contributed by atoms with E-state index >= 15 is 0 Å². The van der Waals surface area contributed by atoms with E-state index in [1.54, 1.807) is 6.08 Å². The number of aromatic nitrogens is 1. The topological polar surface area (TPSA) is 50.2 Å². The van der Waals surface area contributed by atoms with Crippen LogP contribution in [0, 0.1) is 6.92 Å². The van der Waals surface area contributed by atoms with Crippen molar-refractivity contribution in [3.05, 3.63) is 69.7 Å². The van der Waals surface area contributed by atoms with Crippen LogP contribution in [0.2, 0.25) is 0 Å². The van der Waals surface area contributed by atoms with Crippen molar-refractivity contribution in [2.75, 3.05) is 0 Å². The molecule has 1 saturated carbocycles. The first-order chi connectivity index (χ1) is 14.6. The third kappa shape index (κ3) is 3.95. The van der Waals surface area contributed by atoms with Crippen molar-refractivity contribution in [2.45, 2.75) is 89.4 Å². The number of aliphatic hydroxyl groups is 1. The first kappa shape index (κ1) is 21.8. The van der Waals surface area contributed by atoms with Crippen LogP contribution >= 0.6 is 0 Å². The highest BCUT2D eigenvalue weighted by Gasteiger charge is 2.49. The largest absolute Gasteiger partial charge is 0.512 e. The highest BCUT2D eigenvalue weighted by molar-refractivity contribution is 5.56. The summed E-state index contributed by atoms with van der Waals surface area (Å²) in [5.74, 6) is 0.221. The zero-order valence-corrected chi connectivity index (χ0v) is 19.6. The van der Waals surface area contributed by atoms with Gasteiger partial charge in [0.05, 0.1) is 11.5 Å². The van der Waals surface area contributed by atoms with Crippen molar-refractivity contribution < 1.29 is 9.90 Å². The number of hydrogen-bond donors (Lipinski definition) is 1. The van der Waals surface area contributed by atoms with Gasteiger partial charge in [0, 0.05) is 24.5 Å². The van der Waals surface area contributed by atoms with E-state index in [1.807, 2.05) is 12.3 Å². The lowest BCUT2D eigenvalue weighted by Crippen LogP contribution is -2.34. The van der Waals surface area contributed by atoms with Crippen molar-refractivity contribution in [2.24, 2.45) is 0 Å². The van der Waals surface area contributed by atoms with E-state index < -0.39 is 0 Å². The van der Waals surface area contributed by atoms with Crippen LogP contribution in [0.25, 0.3) is 6.08 Å². The summed E-state index contributed by atoms with van der Waals surface area (Å²) >= 11 is 0. The summed E-state index contributed by atoms with van der Waals surface area (Å²) in [6.45, 7) is 11.8. The molecule has 0 radical (unpaired) electrons. The highest BCUT2D eigenvalue weighted by Crippen LogP contribution is 2.56. The van der Waals surface area contributed by atoms with Gasteiger partial charge in [-0.05, 0) is 83.4 Å². The number of carbonyl (C=O) groups is 1. The van der Waals surface area contributed by atoms with Crippen molar-refractivity contribution in [1.29, 1.82) is 0 Å². The summed E-state index contributed by atoms with van der Waals surface area (Å²) in [7, 11) is 0. The van der Waals surface area contributed by atoms with Gasteiger partial charge < -0.3 is 9.90 Å². The minimum Gasteiger partial charge on any atom is -0.512 e.